The molecule has 0 aliphatic heterocycles. The second kappa shape index (κ2) is 16.5. The third-order valence-electron chi connectivity index (χ3n) is 11.3. The lowest BCUT2D eigenvalue weighted by molar-refractivity contribution is 1.30. The van der Waals surface area contributed by atoms with Gasteiger partial charge in [-0.25, -0.2) is 0 Å². The molecule has 0 heterocycles. The van der Waals surface area contributed by atoms with Gasteiger partial charge in [-0.15, -0.1) is 0 Å². The quantitative estimate of drug-likeness (QED) is 0.128. The summed E-state index contributed by atoms with van der Waals surface area (Å²) in [5, 5.41) is 4.87. The molecule has 60 heavy (non-hydrogen) atoms. The lowest BCUT2D eigenvalue weighted by Gasteiger charge is -2.27. The van der Waals surface area contributed by atoms with Gasteiger partial charge in [0.15, 0.2) is 0 Å². The number of para-hydroxylation sites is 4. The number of nitrogens with zero attached hydrogens (tertiary/aromatic N) is 2. The number of anilines is 6. The van der Waals surface area contributed by atoms with E-state index >= 15 is 0 Å². The van der Waals surface area contributed by atoms with Gasteiger partial charge in [-0.1, -0.05) is 194 Å². The normalized spacial score (nSPS) is 11.3. The van der Waals surface area contributed by atoms with E-state index < -0.39 is 0 Å². The van der Waals surface area contributed by atoms with Gasteiger partial charge < -0.3 is 9.80 Å². The highest BCUT2D eigenvalue weighted by Crippen LogP contribution is 2.43. The van der Waals surface area contributed by atoms with Crippen molar-refractivity contribution in [2.45, 2.75) is 0 Å². The molecule has 10 aromatic rings. The van der Waals surface area contributed by atoms with Gasteiger partial charge in [0.2, 0.25) is 0 Å². The summed E-state index contributed by atoms with van der Waals surface area (Å²) < 4.78 is 0. The summed E-state index contributed by atoms with van der Waals surface area (Å²) in [6.07, 6.45) is 4.40. The molecule has 0 saturated carbocycles. The van der Waals surface area contributed by atoms with Crippen LogP contribution in [-0.2, 0) is 0 Å². The molecule has 0 radical (unpaired) electrons. The molecule has 0 aliphatic carbocycles. The largest absolute Gasteiger partial charge is 0.310 e. The van der Waals surface area contributed by atoms with E-state index in [4.69, 9.17) is 0 Å². The van der Waals surface area contributed by atoms with Gasteiger partial charge in [0, 0.05) is 33.5 Å². The Bertz CT molecular complexity index is 2760. The third kappa shape index (κ3) is 7.23. The van der Waals surface area contributed by atoms with Crippen LogP contribution >= 0.6 is 0 Å². The lowest BCUT2D eigenvalue weighted by Crippen LogP contribution is -2.10. The van der Waals surface area contributed by atoms with Crippen LogP contribution in [-0.4, -0.2) is 0 Å². The van der Waals surface area contributed by atoms with Gasteiger partial charge in [-0.3, -0.25) is 0 Å². The van der Waals surface area contributed by atoms with Crippen LogP contribution in [0.25, 0.3) is 56.0 Å². The first-order valence-electron chi connectivity index (χ1n) is 20.5. The van der Waals surface area contributed by atoms with Gasteiger partial charge in [0.25, 0.3) is 0 Å². The predicted octanol–water partition coefficient (Wildman–Crippen LogP) is 16.4. The molecule has 0 spiro atoms. The smallest absolute Gasteiger partial charge is 0.0540 e. The maximum absolute atomic E-state index is 2.34. The summed E-state index contributed by atoms with van der Waals surface area (Å²) in [6, 6.07) is 86.8. The van der Waals surface area contributed by atoms with Gasteiger partial charge in [0.1, 0.15) is 0 Å². The van der Waals surface area contributed by atoms with E-state index in [1.165, 1.54) is 43.8 Å². The Morgan fingerprint density at radius 1 is 0.233 bits per heavy atom. The molecular weight excluding hydrogens is 725 g/mol. The first-order valence-corrected chi connectivity index (χ1v) is 20.5. The first-order chi connectivity index (χ1) is 29.8. The third-order valence-corrected chi connectivity index (χ3v) is 11.3. The number of rotatable bonds is 10. The summed E-state index contributed by atoms with van der Waals surface area (Å²) in [5.41, 5.74) is 14.0. The fourth-order valence-corrected chi connectivity index (χ4v) is 8.36. The molecule has 0 N–H and O–H groups in total. The minimum atomic E-state index is 1.13. The molecule has 0 atom stereocenters. The Morgan fingerprint density at radius 2 is 0.517 bits per heavy atom. The van der Waals surface area contributed by atoms with E-state index in [1.54, 1.807) is 0 Å². The number of fused-ring (bicyclic) bond motifs is 2. The zero-order chi connectivity index (χ0) is 40.1. The van der Waals surface area contributed by atoms with Crippen LogP contribution in [0.5, 0.6) is 0 Å². The van der Waals surface area contributed by atoms with Gasteiger partial charge in [-0.2, -0.15) is 0 Å². The second-order valence-corrected chi connectivity index (χ2v) is 14.9. The summed E-state index contributed by atoms with van der Waals surface area (Å²) in [6.45, 7) is 0. The number of hydrogen-bond donors (Lipinski definition) is 0. The van der Waals surface area contributed by atoms with E-state index in [1.807, 2.05) is 0 Å². The van der Waals surface area contributed by atoms with Gasteiger partial charge in [0.05, 0.1) is 11.4 Å². The summed E-state index contributed by atoms with van der Waals surface area (Å²) in [5.74, 6) is 0. The molecule has 2 heteroatoms. The summed E-state index contributed by atoms with van der Waals surface area (Å²) in [7, 11) is 0. The second-order valence-electron chi connectivity index (χ2n) is 14.9. The standard InChI is InChI=1S/C58H42N2/c1-5-17-47(18-6-1)59(48-19-7-2-8-20-48)57-41-39-51(53-25-13-15-27-55(53)57)45-35-31-43(32-36-45)29-30-44-33-37-46(38-34-44)52-40-42-58(56-28-16-14-26-54(52)56)60(49-21-9-3-10-22-49)50-23-11-4-12-24-50/h1-42H/b30-29+. The zero-order valence-corrected chi connectivity index (χ0v) is 33.1. The molecule has 2 nitrogen and oxygen atoms in total. The fourth-order valence-electron chi connectivity index (χ4n) is 8.36. The van der Waals surface area contributed by atoms with E-state index in [2.05, 4.69) is 265 Å². The van der Waals surface area contributed by atoms with Gasteiger partial charge >= 0.3 is 0 Å². The number of hydrogen-bond acceptors (Lipinski definition) is 2. The van der Waals surface area contributed by atoms with Crippen molar-refractivity contribution in [1.82, 2.24) is 0 Å². The zero-order valence-electron chi connectivity index (χ0n) is 33.1. The molecule has 0 fully saturated rings. The summed E-state index contributed by atoms with van der Waals surface area (Å²) >= 11 is 0. The van der Waals surface area contributed by atoms with E-state index in [0.717, 1.165) is 45.3 Å². The predicted molar refractivity (Wildman–Crippen MR) is 257 cm³/mol. The number of benzene rings is 10. The average molecular weight is 767 g/mol. The molecule has 0 saturated heterocycles. The topological polar surface area (TPSA) is 6.48 Å². The highest BCUT2D eigenvalue weighted by molar-refractivity contribution is 6.07. The van der Waals surface area contributed by atoms with E-state index in [-0.39, 0.29) is 0 Å². The van der Waals surface area contributed by atoms with Crippen molar-refractivity contribution < 1.29 is 0 Å². The Labute approximate surface area is 352 Å². The lowest BCUT2D eigenvalue weighted by atomic mass is 9.95. The minimum absolute atomic E-state index is 1.13. The Morgan fingerprint density at radius 3 is 0.833 bits per heavy atom. The van der Waals surface area contributed by atoms with Crippen molar-refractivity contribution in [2.24, 2.45) is 0 Å². The van der Waals surface area contributed by atoms with Crippen LogP contribution in [0.4, 0.5) is 34.1 Å². The Balaban J connectivity index is 0.912. The van der Waals surface area contributed by atoms with Crippen LogP contribution in [0.3, 0.4) is 0 Å². The molecule has 10 rings (SSSR count). The molecule has 10 aromatic carbocycles. The molecule has 0 bridgehead atoms. The van der Waals surface area contributed by atoms with Crippen molar-refractivity contribution in [1.29, 1.82) is 0 Å². The summed E-state index contributed by atoms with van der Waals surface area (Å²) in [4.78, 5) is 4.69. The molecule has 0 unspecified atom stereocenters. The van der Waals surface area contributed by atoms with Crippen molar-refractivity contribution in [3.63, 3.8) is 0 Å². The molecule has 284 valence electrons. The van der Waals surface area contributed by atoms with Gasteiger partial charge in [-0.05, 0) is 105 Å². The monoisotopic (exact) mass is 766 g/mol. The van der Waals surface area contributed by atoms with Crippen LogP contribution in [0.2, 0.25) is 0 Å². The first kappa shape index (κ1) is 36.4. The van der Waals surface area contributed by atoms with Crippen molar-refractivity contribution >= 4 is 67.8 Å². The van der Waals surface area contributed by atoms with Crippen LogP contribution in [0, 0.1) is 0 Å². The minimum Gasteiger partial charge on any atom is -0.310 e. The van der Waals surface area contributed by atoms with Crippen molar-refractivity contribution in [3.05, 3.63) is 254 Å². The van der Waals surface area contributed by atoms with Crippen LogP contribution in [0.1, 0.15) is 11.1 Å². The van der Waals surface area contributed by atoms with E-state index in [9.17, 15) is 0 Å². The fraction of sp³-hybridized carbons (Fsp3) is 0. The Hall–Kier alpha value is -7.94. The molecule has 0 aromatic heterocycles. The SMILES string of the molecule is C(=C\c1ccc(-c2ccc(N(c3ccccc3)c3ccccc3)c3ccccc23)cc1)/c1ccc(-c2ccc(N(c3ccccc3)c3ccccc3)c3ccccc23)cc1. The van der Waals surface area contributed by atoms with Crippen molar-refractivity contribution in [2.75, 3.05) is 9.80 Å². The highest BCUT2D eigenvalue weighted by atomic mass is 15.1. The van der Waals surface area contributed by atoms with E-state index in [0.29, 0.717) is 0 Å². The molecule has 0 amide bonds. The maximum Gasteiger partial charge on any atom is 0.0540 e. The maximum atomic E-state index is 2.34. The van der Waals surface area contributed by atoms with Crippen LogP contribution < -0.4 is 9.80 Å². The van der Waals surface area contributed by atoms with Crippen molar-refractivity contribution in [3.8, 4) is 22.3 Å². The molecule has 0 aliphatic rings. The Kier molecular flexibility index (Phi) is 10.0. The highest BCUT2D eigenvalue weighted by Gasteiger charge is 2.18. The average Bonchev–Trinajstić information content (AvgIpc) is 3.33. The van der Waals surface area contributed by atoms with Crippen LogP contribution in [0.15, 0.2) is 243 Å². The molecular formula is C58H42N2.